The van der Waals surface area contributed by atoms with Crippen LogP contribution in [0.1, 0.15) is 39.8 Å². The van der Waals surface area contributed by atoms with Crippen LogP contribution in [0.2, 0.25) is 0 Å². The minimum Gasteiger partial charge on any atom is -0.310 e. The maximum absolute atomic E-state index is 2.36. The van der Waals surface area contributed by atoms with E-state index in [4.69, 9.17) is 0 Å². The van der Waals surface area contributed by atoms with Gasteiger partial charge in [0.1, 0.15) is 0 Å². The average molecular weight is 763 g/mol. The Kier molecular flexibility index (Phi) is 12.4. The second kappa shape index (κ2) is 18.9. The summed E-state index contributed by atoms with van der Waals surface area (Å²) in [5, 5.41) is 0. The minimum absolute atomic E-state index is 1.06. The smallest absolute Gasteiger partial charge is 0.0464 e. The monoisotopic (exact) mass is 762 g/mol. The van der Waals surface area contributed by atoms with Gasteiger partial charge >= 0.3 is 0 Å². The zero-order chi connectivity index (χ0) is 40.2. The summed E-state index contributed by atoms with van der Waals surface area (Å²) >= 11 is 0. The van der Waals surface area contributed by atoms with E-state index in [0.29, 0.717) is 0 Å². The van der Waals surface area contributed by atoms with E-state index in [-0.39, 0.29) is 0 Å². The van der Waals surface area contributed by atoms with Crippen molar-refractivity contribution in [2.75, 3.05) is 9.80 Å². The predicted molar refractivity (Wildman–Crippen MR) is 254 cm³/mol. The Morgan fingerprint density at radius 2 is 0.729 bits per heavy atom. The molecular weight excluding hydrogens is 713 g/mol. The molecule has 0 saturated heterocycles. The largest absolute Gasteiger partial charge is 0.310 e. The van der Waals surface area contributed by atoms with Gasteiger partial charge in [0, 0.05) is 34.1 Å². The maximum Gasteiger partial charge on any atom is 0.0464 e. The number of hydrogen-bond donors (Lipinski definition) is 0. The molecule has 0 aliphatic heterocycles. The van der Waals surface area contributed by atoms with Crippen molar-refractivity contribution in [2.24, 2.45) is 0 Å². The molecule has 0 aliphatic carbocycles. The van der Waals surface area contributed by atoms with Gasteiger partial charge in [0.05, 0.1) is 0 Å². The van der Waals surface area contributed by atoms with Crippen LogP contribution >= 0.6 is 0 Å². The molecule has 0 heterocycles. The summed E-state index contributed by atoms with van der Waals surface area (Å²) in [7, 11) is 0. The van der Waals surface area contributed by atoms with Crippen LogP contribution in [0.5, 0.6) is 0 Å². The Labute approximate surface area is 350 Å². The second-order valence-corrected chi connectivity index (χ2v) is 15.2. The third kappa shape index (κ3) is 10.1. The topological polar surface area (TPSA) is 6.48 Å². The van der Waals surface area contributed by atoms with Crippen LogP contribution in [0.15, 0.2) is 218 Å². The van der Waals surface area contributed by atoms with Crippen LogP contribution < -0.4 is 9.80 Å². The molecule has 0 aliphatic rings. The summed E-state index contributed by atoms with van der Waals surface area (Å²) in [6.45, 7) is 4.30. The number of hydrogen-bond acceptors (Lipinski definition) is 2. The molecule has 0 saturated carbocycles. The van der Waals surface area contributed by atoms with Crippen molar-refractivity contribution >= 4 is 46.3 Å². The number of anilines is 6. The van der Waals surface area contributed by atoms with E-state index < -0.39 is 0 Å². The first-order valence-corrected chi connectivity index (χ1v) is 20.6. The normalized spacial score (nSPS) is 11.3. The Balaban J connectivity index is 1.01. The summed E-state index contributed by atoms with van der Waals surface area (Å²) in [6, 6.07) is 74.4. The van der Waals surface area contributed by atoms with Crippen LogP contribution in [0, 0.1) is 13.8 Å². The van der Waals surface area contributed by atoms with Crippen molar-refractivity contribution in [3.63, 3.8) is 0 Å². The lowest BCUT2D eigenvalue weighted by molar-refractivity contribution is 0.821. The predicted octanol–water partition coefficient (Wildman–Crippen LogP) is 15.8. The molecule has 2 heteroatoms. The number of aryl methyl sites for hydroxylation is 4. The molecule has 8 aromatic rings. The molecule has 0 aromatic heterocycles. The molecule has 0 spiro atoms. The molecule has 8 aromatic carbocycles. The van der Waals surface area contributed by atoms with E-state index in [1.807, 2.05) is 6.07 Å². The minimum atomic E-state index is 1.06. The highest BCUT2D eigenvalue weighted by Gasteiger charge is 2.15. The fourth-order valence-corrected chi connectivity index (χ4v) is 7.62. The van der Waals surface area contributed by atoms with E-state index in [1.54, 1.807) is 0 Å². The molecule has 8 rings (SSSR count). The fraction of sp³-hybridized carbons (Fsp3) is 0.0877. The van der Waals surface area contributed by atoms with Crippen molar-refractivity contribution < 1.29 is 0 Å². The van der Waals surface area contributed by atoms with Gasteiger partial charge in [-0.3, -0.25) is 0 Å². The zero-order valence-electron chi connectivity index (χ0n) is 34.0. The van der Waals surface area contributed by atoms with Gasteiger partial charge in [-0.15, -0.1) is 0 Å². The van der Waals surface area contributed by atoms with Crippen molar-refractivity contribution in [3.05, 3.63) is 252 Å². The molecule has 0 amide bonds. The summed E-state index contributed by atoms with van der Waals surface area (Å²) in [4.78, 5) is 4.69. The number of nitrogens with zero attached hydrogens (tertiary/aromatic N) is 2. The molecule has 0 radical (unpaired) electrons. The van der Waals surface area contributed by atoms with E-state index in [0.717, 1.165) is 59.0 Å². The quantitative estimate of drug-likeness (QED) is 0.102. The molecule has 288 valence electrons. The van der Waals surface area contributed by atoms with Gasteiger partial charge in [-0.25, -0.2) is 0 Å². The lowest BCUT2D eigenvalue weighted by Crippen LogP contribution is -2.10. The zero-order valence-corrected chi connectivity index (χ0v) is 34.0. The summed E-state index contributed by atoms with van der Waals surface area (Å²) in [6.07, 6.45) is 11.7. The van der Waals surface area contributed by atoms with Gasteiger partial charge < -0.3 is 9.80 Å². The maximum atomic E-state index is 2.36. The van der Waals surface area contributed by atoms with Crippen molar-refractivity contribution in [1.29, 1.82) is 0 Å². The van der Waals surface area contributed by atoms with Crippen LogP contribution in [-0.2, 0) is 12.8 Å². The van der Waals surface area contributed by atoms with Crippen LogP contribution in [0.4, 0.5) is 34.1 Å². The first-order chi connectivity index (χ1) is 29.1. The number of rotatable bonds is 14. The van der Waals surface area contributed by atoms with E-state index in [1.165, 1.54) is 38.9 Å². The standard InChI is InChI=1S/C57H50N2/c1-44-14-11-24-56(42-44)58(52-34-26-48(27-35-52)21-10-9-20-46-16-5-3-6-17-46)54-38-30-50(31-39-54)51-32-40-55(41-33-51)59(57-25-12-15-45(2)43-57)53-36-28-49(29-37-53)23-13-22-47-18-7-4-8-19-47/h3-12,14-21,24-43H,13,22-23H2,1-2H3. The third-order valence-corrected chi connectivity index (χ3v) is 10.7. The van der Waals surface area contributed by atoms with E-state index in [9.17, 15) is 0 Å². The highest BCUT2D eigenvalue weighted by molar-refractivity contribution is 5.81. The van der Waals surface area contributed by atoms with Crippen LogP contribution in [-0.4, -0.2) is 0 Å². The van der Waals surface area contributed by atoms with Gasteiger partial charge in [-0.2, -0.15) is 0 Å². The Morgan fingerprint density at radius 3 is 1.19 bits per heavy atom. The molecule has 0 fully saturated rings. The Bertz CT molecular complexity index is 2600. The molecule has 0 bridgehead atoms. The van der Waals surface area contributed by atoms with Gasteiger partial charge in [-0.1, -0.05) is 158 Å². The lowest BCUT2D eigenvalue weighted by Gasteiger charge is -2.27. The lowest BCUT2D eigenvalue weighted by atomic mass is 10.0. The van der Waals surface area contributed by atoms with Gasteiger partial charge in [-0.05, 0) is 150 Å². The molecule has 2 nitrogen and oxygen atoms in total. The second-order valence-electron chi connectivity index (χ2n) is 15.2. The molecule has 0 unspecified atom stereocenters. The van der Waals surface area contributed by atoms with E-state index >= 15 is 0 Å². The highest BCUT2D eigenvalue weighted by atomic mass is 15.1. The van der Waals surface area contributed by atoms with Gasteiger partial charge in [0.25, 0.3) is 0 Å². The summed E-state index contributed by atoms with van der Waals surface area (Å²) < 4.78 is 0. The Morgan fingerprint density at radius 1 is 0.339 bits per heavy atom. The van der Waals surface area contributed by atoms with Crippen molar-refractivity contribution in [1.82, 2.24) is 0 Å². The fourth-order valence-electron chi connectivity index (χ4n) is 7.62. The number of benzene rings is 8. The molecule has 0 N–H and O–H groups in total. The van der Waals surface area contributed by atoms with Gasteiger partial charge in [0.15, 0.2) is 0 Å². The highest BCUT2D eigenvalue weighted by Crippen LogP contribution is 2.38. The first kappa shape index (κ1) is 38.7. The first-order valence-electron chi connectivity index (χ1n) is 20.6. The van der Waals surface area contributed by atoms with Crippen molar-refractivity contribution in [3.8, 4) is 11.1 Å². The average Bonchev–Trinajstić information content (AvgIpc) is 3.28. The van der Waals surface area contributed by atoms with Crippen LogP contribution in [0.25, 0.3) is 23.3 Å². The van der Waals surface area contributed by atoms with Crippen molar-refractivity contribution in [2.45, 2.75) is 33.1 Å². The van der Waals surface area contributed by atoms with Gasteiger partial charge in [0.2, 0.25) is 0 Å². The molecule has 59 heavy (non-hydrogen) atoms. The summed E-state index contributed by atoms with van der Waals surface area (Å²) in [5.41, 5.74) is 16.7. The third-order valence-electron chi connectivity index (χ3n) is 10.7. The molecule has 0 atom stereocenters. The summed E-state index contributed by atoms with van der Waals surface area (Å²) in [5.74, 6) is 0. The van der Waals surface area contributed by atoms with Crippen LogP contribution in [0.3, 0.4) is 0 Å². The Hall–Kier alpha value is -7.16. The molecular formula is C57H50N2. The van der Waals surface area contributed by atoms with E-state index in [2.05, 4.69) is 248 Å². The number of allylic oxidation sites excluding steroid dienone is 2. The SMILES string of the molecule is Cc1cccc(N(c2ccc(C=CC=Cc3ccccc3)cc2)c2ccc(-c3ccc(N(c4ccc(CCCc5ccccc5)cc4)c4cccc(C)c4)cc3)cc2)c1.